The smallest absolute Gasteiger partial charge is 0.251 e. The van der Waals surface area contributed by atoms with Crippen LogP contribution in [0.1, 0.15) is 41.6 Å². The van der Waals surface area contributed by atoms with Crippen LogP contribution in [0.5, 0.6) is 0 Å². The number of pyridine rings is 1. The molecule has 34 heavy (non-hydrogen) atoms. The first-order valence-corrected chi connectivity index (χ1v) is 11.8. The van der Waals surface area contributed by atoms with Gasteiger partial charge in [0.15, 0.2) is 5.82 Å². The number of nitrogens with zero attached hydrogens (tertiary/aromatic N) is 3. The Morgan fingerprint density at radius 1 is 1.21 bits per heavy atom. The molecule has 178 valence electrons. The second-order valence-electron chi connectivity index (χ2n) is 9.16. The van der Waals surface area contributed by atoms with Gasteiger partial charge in [0.2, 0.25) is 0 Å². The first-order valence-electron chi connectivity index (χ1n) is 11.8. The lowest BCUT2D eigenvalue weighted by Gasteiger charge is -2.29. The van der Waals surface area contributed by atoms with E-state index in [0.717, 1.165) is 37.1 Å². The van der Waals surface area contributed by atoms with Gasteiger partial charge in [-0.2, -0.15) is 0 Å². The van der Waals surface area contributed by atoms with Gasteiger partial charge in [-0.3, -0.25) is 4.79 Å². The molecule has 0 unspecified atom stereocenters. The highest BCUT2D eigenvalue weighted by molar-refractivity contribution is 6.06. The molecular weight excluding hydrogens is 435 g/mol. The molecule has 0 saturated carbocycles. The van der Waals surface area contributed by atoms with Crippen LogP contribution in [0.25, 0.3) is 22.3 Å². The fourth-order valence-corrected chi connectivity index (χ4v) is 4.72. The number of hydrogen-bond donors (Lipinski definition) is 3. The Labute approximate surface area is 197 Å². The normalized spacial score (nSPS) is 20.2. The van der Waals surface area contributed by atoms with Gasteiger partial charge >= 0.3 is 0 Å². The first-order chi connectivity index (χ1) is 16.5. The molecule has 2 saturated heterocycles. The van der Waals surface area contributed by atoms with Gasteiger partial charge in [-0.1, -0.05) is 24.3 Å². The van der Waals surface area contributed by atoms with Crippen LogP contribution < -0.4 is 16.4 Å². The molecule has 3 aromatic rings. The van der Waals surface area contributed by atoms with Crippen molar-refractivity contribution in [3.8, 4) is 11.3 Å². The van der Waals surface area contributed by atoms with E-state index >= 15 is 4.39 Å². The van der Waals surface area contributed by atoms with Crippen LogP contribution in [0.2, 0.25) is 0 Å². The molecule has 2 aromatic heterocycles. The number of nitrogens with two attached hydrogens (primary N) is 1. The largest absolute Gasteiger partial charge is 0.381 e. The summed E-state index contributed by atoms with van der Waals surface area (Å²) in [5.74, 6) is 0.00620. The summed E-state index contributed by atoms with van der Waals surface area (Å²) in [4.78, 5) is 25.8. The van der Waals surface area contributed by atoms with E-state index in [4.69, 9.17) is 15.5 Å². The van der Waals surface area contributed by atoms with E-state index in [1.165, 1.54) is 6.33 Å². The van der Waals surface area contributed by atoms with Crippen molar-refractivity contribution in [2.75, 3.05) is 31.6 Å². The standard InChI is InChI=1S/C25H29FN6O2/c26-25(7-10-34-11-8-25)13-16-3-5-17(6-4-16)20-12-19(23(27)33)21-22(32-20)24(30-15-29-21)31-18-2-1-9-28-14-18/h3-6,12,15,18,28H,1-2,7-11,13-14H2,(H2,27,33)(H,29,30,31)/t18-/m0/s1. The van der Waals surface area contributed by atoms with Gasteiger partial charge in [-0.25, -0.2) is 19.3 Å². The van der Waals surface area contributed by atoms with Gasteiger partial charge in [0.1, 0.15) is 23.0 Å². The van der Waals surface area contributed by atoms with Crippen molar-refractivity contribution < 1.29 is 13.9 Å². The third-order valence-electron chi connectivity index (χ3n) is 6.65. The second kappa shape index (κ2) is 9.60. The van der Waals surface area contributed by atoms with Gasteiger partial charge in [0.05, 0.1) is 11.3 Å². The van der Waals surface area contributed by atoms with Gasteiger partial charge in [0, 0.05) is 50.6 Å². The molecule has 0 aliphatic carbocycles. The van der Waals surface area contributed by atoms with Gasteiger partial charge in [-0.15, -0.1) is 0 Å². The molecule has 1 amide bonds. The molecule has 0 bridgehead atoms. The summed E-state index contributed by atoms with van der Waals surface area (Å²) in [6.07, 6.45) is 4.69. The number of fused-ring (bicyclic) bond motifs is 1. The number of carbonyl (C=O) groups is 1. The Kier molecular flexibility index (Phi) is 6.38. The Balaban J connectivity index is 1.47. The van der Waals surface area contributed by atoms with E-state index in [0.29, 0.717) is 60.6 Å². The number of benzene rings is 1. The number of primary amides is 1. The lowest BCUT2D eigenvalue weighted by molar-refractivity contribution is -0.00816. The summed E-state index contributed by atoms with van der Waals surface area (Å²) in [6.45, 7) is 2.75. The number of nitrogens with one attached hydrogen (secondary N) is 2. The van der Waals surface area contributed by atoms with Crippen LogP contribution in [0, 0.1) is 0 Å². The van der Waals surface area contributed by atoms with Crippen LogP contribution in [-0.2, 0) is 11.2 Å². The van der Waals surface area contributed by atoms with Gasteiger partial charge in [-0.05, 0) is 31.0 Å². The molecule has 8 nitrogen and oxygen atoms in total. The molecule has 1 aromatic carbocycles. The number of halogens is 1. The van der Waals surface area contributed by atoms with Crippen molar-refractivity contribution in [2.45, 2.75) is 43.8 Å². The second-order valence-corrected chi connectivity index (χ2v) is 9.16. The van der Waals surface area contributed by atoms with Crippen molar-refractivity contribution in [2.24, 2.45) is 5.73 Å². The number of piperidine rings is 1. The van der Waals surface area contributed by atoms with Crippen LogP contribution >= 0.6 is 0 Å². The number of alkyl halides is 1. The third kappa shape index (κ3) is 4.85. The molecule has 2 aliphatic rings. The van der Waals surface area contributed by atoms with E-state index in [1.807, 2.05) is 24.3 Å². The van der Waals surface area contributed by atoms with Crippen LogP contribution in [0.3, 0.4) is 0 Å². The average molecular weight is 465 g/mol. The topological polar surface area (TPSA) is 115 Å². The summed E-state index contributed by atoms with van der Waals surface area (Å²) in [5.41, 5.74) is 8.00. The highest BCUT2D eigenvalue weighted by Crippen LogP contribution is 2.31. The maximum atomic E-state index is 15.1. The number of anilines is 1. The number of rotatable bonds is 6. The average Bonchev–Trinajstić information content (AvgIpc) is 2.85. The monoisotopic (exact) mass is 464 g/mol. The lowest BCUT2D eigenvalue weighted by Crippen LogP contribution is -2.38. The summed E-state index contributed by atoms with van der Waals surface area (Å²) >= 11 is 0. The number of aromatic nitrogens is 3. The zero-order valence-electron chi connectivity index (χ0n) is 19.0. The number of carbonyl (C=O) groups excluding carboxylic acids is 1. The highest BCUT2D eigenvalue weighted by atomic mass is 19.1. The van der Waals surface area contributed by atoms with Crippen molar-refractivity contribution >= 4 is 22.8 Å². The fraction of sp³-hybridized carbons (Fsp3) is 0.440. The van der Waals surface area contributed by atoms with E-state index in [2.05, 4.69) is 20.6 Å². The molecule has 5 rings (SSSR count). The molecule has 1 atom stereocenters. The quantitative estimate of drug-likeness (QED) is 0.514. The maximum absolute atomic E-state index is 15.1. The maximum Gasteiger partial charge on any atom is 0.251 e. The Bertz CT molecular complexity index is 1170. The van der Waals surface area contributed by atoms with Crippen molar-refractivity contribution in [1.82, 2.24) is 20.3 Å². The molecule has 4 N–H and O–H groups in total. The zero-order valence-corrected chi connectivity index (χ0v) is 19.0. The molecule has 4 heterocycles. The number of ether oxygens (including phenoxy) is 1. The molecule has 2 aliphatic heterocycles. The van der Waals surface area contributed by atoms with Crippen molar-refractivity contribution in [3.63, 3.8) is 0 Å². The summed E-state index contributed by atoms with van der Waals surface area (Å²) in [5, 5.41) is 6.82. The Morgan fingerprint density at radius 2 is 2.00 bits per heavy atom. The minimum absolute atomic E-state index is 0.215. The van der Waals surface area contributed by atoms with Crippen LogP contribution in [0.15, 0.2) is 36.7 Å². The Morgan fingerprint density at radius 3 is 2.71 bits per heavy atom. The lowest BCUT2D eigenvalue weighted by atomic mass is 9.89. The highest BCUT2D eigenvalue weighted by Gasteiger charge is 2.32. The fourth-order valence-electron chi connectivity index (χ4n) is 4.72. The van der Waals surface area contributed by atoms with E-state index in [9.17, 15) is 4.79 Å². The van der Waals surface area contributed by atoms with E-state index in [-0.39, 0.29) is 6.04 Å². The van der Waals surface area contributed by atoms with E-state index < -0.39 is 11.6 Å². The predicted octanol–water partition coefficient (Wildman–Crippen LogP) is 3.02. The SMILES string of the molecule is NC(=O)c1cc(-c2ccc(CC3(F)CCOCC3)cc2)nc2c(N[C@H]3CCCNC3)ncnc12. The summed E-state index contributed by atoms with van der Waals surface area (Å²) < 4.78 is 20.4. The van der Waals surface area contributed by atoms with Crippen molar-refractivity contribution in [3.05, 3.63) is 47.8 Å². The zero-order chi connectivity index (χ0) is 23.5. The molecule has 9 heteroatoms. The number of amides is 1. The summed E-state index contributed by atoms with van der Waals surface area (Å²) in [7, 11) is 0. The predicted molar refractivity (Wildman–Crippen MR) is 128 cm³/mol. The summed E-state index contributed by atoms with van der Waals surface area (Å²) in [6, 6.07) is 9.50. The van der Waals surface area contributed by atoms with Crippen LogP contribution in [0.4, 0.5) is 10.2 Å². The van der Waals surface area contributed by atoms with Gasteiger partial charge < -0.3 is 21.1 Å². The number of hydrogen-bond acceptors (Lipinski definition) is 7. The van der Waals surface area contributed by atoms with Gasteiger partial charge in [0.25, 0.3) is 5.91 Å². The first kappa shape index (κ1) is 22.6. The molecule has 2 fully saturated rings. The minimum atomic E-state index is -1.23. The molecule has 0 radical (unpaired) electrons. The Hall–Kier alpha value is -3.17. The molecular formula is C25H29FN6O2. The molecule has 0 spiro atoms. The minimum Gasteiger partial charge on any atom is -0.381 e. The third-order valence-corrected chi connectivity index (χ3v) is 6.65. The van der Waals surface area contributed by atoms with Crippen LogP contribution in [-0.4, -0.2) is 58.9 Å². The van der Waals surface area contributed by atoms with Crippen molar-refractivity contribution in [1.29, 1.82) is 0 Å². The van der Waals surface area contributed by atoms with E-state index in [1.54, 1.807) is 6.07 Å².